The minimum absolute atomic E-state index is 0.0156. The molecule has 1 saturated heterocycles. The Morgan fingerprint density at radius 2 is 1.96 bits per heavy atom. The summed E-state index contributed by atoms with van der Waals surface area (Å²) in [4.78, 5) is 40.3. The Morgan fingerprint density at radius 3 is 2.70 bits per heavy atom. The van der Waals surface area contributed by atoms with E-state index in [4.69, 9.17) is 0 Å². The molecule has 1 aromatic heterocycles. The van der Waals surface area contributed by atoms with Gasteiger partial charge in [0.15, 0.2) is 0 Å². The van der Waals surface area contributed by atoms with Gasteiger partial charge in [-0.25, -0.2) is 0 Å². The Labute approximate surface area is 133 Å². The summed E-state index contributed by atoms with van der Waals surface area (Å²) in [7, 11) is 0. The Balaban J connectivity index is 1.64. The zero-order valence-electron chi connectivity index (χ0n) is 12.5. The molecule has 0 radical (unpaired) electrons. The summed E-state index contributed by atoms with van der Waals surface area (Å²) < 4.78 is 0. The van der Waals surface area contributed by atoms with Gasteiger partial charge < -0.3 is 15.2 Å². The molecule has 1 aliphatic rings. The second-order valence-electron chi connectivity index (χ2n) is 5.47. The van der Waals surface area contributed by atoms with Crippen LogP contribution in [0.1, 0.15) is 22.3 Å². The van der Waals surface area contributed by atoms with E-state index in [0.29, 0.717) is 19.5 Å². The van der Waals surface area contributed by atoms with Gasteiger partial charge in [0.25, 0.3) is 11.5 Å². The van der Waals surface area contributed by atoms with E-state index in [9.17, 15) is 14.4 Å². The highest BCUT2D eigenvalue weighted by Crippen LogP contribution is 2.15. The molecule has 1 aliphatic heterocycles. The smallest absolute Gasteiger partial charge is 0.260 e. The molecule has 1 atom stereocenters. The molecule has 1 fully saturated rings. The van der Waals surface area contributed by atoms with E-state index in [-0.39, 0.29) is 11.5 Å². The van der Waals surface area contributed by atoms with Crippen LogP contribution in [0.15, 0.2) is 53.5 Å². The average molecular weight is 311 g/mol. The van der Waals surface area contributed by atoms with Gasteiger partial charge in [0.1, 0.15) is 11.6 Å². The van der Waals surface area contributed by atoms with Crippen molar-refractivity contribution in [3.63, 3.8) is 0 Å². The highest BCUT2D eigenvalue weighted by atomic mass is 16.2. The summed E-state index contributed by atoms with van der Waals surface area (Å²) in [5.74, 6) is -0.638. The molecular weight excluding hydrogens is 294 g/mol. The summed E-state index contributed by atoms with van der Waals surface area (Å²) in [6, 6.07) is 12.1. The number of benzene rings is 1. The van der Waals surface area contributed by atoms with Gasteiger partial charge in [0, 0.05) is 19.3 Å². The highest BCUT2D eigenvalue weighted by molar-refractivity contribution is 5.97. The predicted octanol–water partition coefficient (Wildman–Crippen LogP) is 0.906. The van der Waals surface area contributed by atoms with Crippen LogP contribution < -0.4 is 10.9 Å². The first-order valence-corrected chi connectivity index (χ1v) is 7.46. The lowest BCUT2D eigenvalue weighted by Crippen LogP contribution is -2.42. The second kappa shape index (κ2) is 6.48. The molecule has 2 N–H and O–H groups in total. The zero-order chi connectivity index (χ0) is 16.2. The molecule has 0 saturated carbocycles. The van der Waals surface area contributed by atoms with Crippen LogP contribution in [0.4, 0.5) is 0 Å². The number of amides is 2. The normalized spacial score (nSPS) is 17.3. The van der Waals surface area contributed by atoms with Crippen LogP contribution in [0, 0.1) is 0 Å². The van der Waals surface area contributed by atoms with Crippen molar-refractivity contribution < 1.29 is 9.59 Å². The Morgan fingerprint density at radius 1 is 1.17 bits per heavy atom. The summed E-state index contributed by atoms with van der Waals surface area (Å²) in [6.07, 6.45) is 2.00. The van der Waals surface area contributed by atoms with Crippen LogP contribution >= 0.6 is 0 Å². The van der Waals surface area contributed by atoms with E-state index in [0.717, 1.165) is 5.56 Å². The lowest BCUT2D eigenvalue weighted by Gasteiger charge is -2.17. The molecule has 2 aromatic rings. The average Bonchev–Trinajstić information content (AvgIpc) is 2.89. The van der Waals surface area contributed by atoms with Crippen LogP contribution in [0.25, 0.3) is 0 Å². The van der Waals surface area contributed by atoms with Crippen molar-refractivity contribution >= 4 is 11.8 Å². The van der Waals surface area contributed by atoms with Gasteiger partial charge in [0.05, 0.1) is 0 Å². The third-order valence-corrected chi connectivity index (χ3v) is 3.88. The van der Waals surface area contributed by atoms with Gasteiger partial charge in [-0.05, 0) is 24.1 Å². The molecule has 23 heavy (non-hydrogen) atoms. The first-order chi connectivity index (χ1) is 11.1. The van der Waals surface area contributed by atoms with Gasteiger partial charge in [-0.3, -0.25) is 14.4 Å². The van der Waals surface area contributed by atoms with Crippen LogP contribution in [0.3, 0.4) is 0 Å². The fraction of sp³-hybridized carbons (Fsp3) is 0.235. The van der Waals surface area contributed by atoms with Gasteiger partial charge in [-0.2, -0.15) is 0 Å². The summed E-state index contributed by atoms with van der Waals surface area (Å²) >= 11 is 0. The molecule has 6 heteroatoms. The molecule has 2 heterocycles. The molecule has 0 unspecified atom stereocenters. The molecule has 2 amide bonds. The summed E-state index contributed by atoms with van der Waals surface area (Å²) in [6.45, 7) is 1.11. The SMILES string of the molecule is O=C(N[C@H]1CCN(Cc2ccccc2)C1=O)c1ccc[nH]c1=O. The fourth-order valence-electron chi connectivity index (χ4n) is 2.67. The monoisotopic (exact) mass is 311 g/mol. The number of carbonyl (C=O) groups is 2. The summed E-state index contributed by atoms with van der Waals surface area (Å²) in [5.41, 5.74) is 0.603. The highest BCUT2D eigenvalue weighted by Gasteiger charge is 2.33. The third kappa shape index (κ3) is 3.31. The van der Waals surface area contributed by atoms with Gasteiger partial charge in [-0.15, -0.1) is 0 Å². The number of nitrogens with one attached hydrogen (secondary N) is 2. The molecule has 1 aromatic carbocycles. The van der Waals surface area contributed by atoms with Crippen molar-refractivity contribution in [2.24, 2.45) is 0 Å². The maximum atomic E-state index is 12.4. The van der Waals surface area contributed by atoms with Crippen molar-refractivity contribution in [1.82, 2.24) is 15.2 Å². The van der Waals surface area contributed by atoms with E-state index >= 15 is 0 Å². The van der Waals surface area contributed by atoms with Gasteiger partial charge in [0.2, 0.25) is 5.91 Å². The number of pyridine rings is 1. The lowest BCUT2D eigenvalue weighted by molar-refractivity contribution is -0.129. The molecule has 0 spiro atoms. The number of rotatable bonds is 4. The predicted molar refractivity (Wildman–Crippen MR) is 84.8 cm³/mol. The van der Waals surface area contributed by atoms with Crippen molar-refractivity contribution in [2.75, 3.05) is 6.54 Å². The van der Waals surface area contributed by atoms with Crippen LogP contribution in [-0.2, 0) is 11.3 Å². The van der Waals surface area contributed by atoms with E-state index in [1.165, 1.54) is 12.3 Å². The number of aromatic amines is 1. The second-order valence-corrected chi connectivity index (χ2v) is 5.47. The molecule has 0 aliphatic carbocycles. The number of H-pyrrole nitrogens is 1. The van der Waals surface area contributed by atoms with Gasteiger partial charge in [-0.1, -0.05) is 30.3 Å². The fourth-order valence-corrected chi connectivity index (χ4v) is 2.67. The Bertz CT molecular complexity index is 770. The number of hydrogen-bond acceptors (Lipinski definition) is 3. The van der Waals surface area contributed by atoms with E-state index in [1.54, 1.807) is 11.0 Å². The first kappa shape index (κ1) is 15.0. The van der Waals surface area contributed by atoms with E-state index < -0.39 is 17.5 Å². The largest absolute Gasteiger partial charge is 0.340 e. The molecule has 0 bridgehead atoms. The Hall–Kier alpha value is -2.89. The molecule has 3 rings (SSSR count). The molecule has 118 valence electrons. The molecule has 6 nitrogen and oxygen atoms in total. The lowest BCUT2D eigenvalue weighted by atomic mass is 10.2. The maximum absolute atomic E-state index is 12.4. The van der Waals surface area contributed by atoms with E-state index in [2.05, 4.69) is 10.3 Å². The molecular formula is C17H17N3O3. The van der Waals surface area contributed by atoms with Crippen molar-refractivity contribution in [1.29, 1.82) is 0 Å². The number of nitrogens with zero attached hydrogens (tertiary/aromatic N) is 1. The van der Waals surface area contributed by atoms with Crippen LogP contribution in [-0.4, -0.2) is 34.3 Å². The minimum Gasteiger partial charge on any atom is -0.340 e. The summed E-state index contributed by atoms with van der Waals surface area (Å²) in [5, 5.41) is 2.65. The maximum Gasteiger partial charge on any atom is 0.260 e. The van der Waals surface area contributed by atoms with Gasteiger partial charge >= 0.3 is 0 Å². The number of hydrogen-bond donors (Lipinski definition) is 2. The standard InChI is InChI=1S/C17H17N3O3/c21-15-13(7-4-9-18-15)16(22)19-14-8-10-20(17(14)23)11-12-5-2-1-3-6-12/h1-7,9,14H,8,10-11H2,(H,18,21)(H,19,22)/t14-/m0/s1. The topological polar surface area (TPSA) is 82.3 Å². The number of aromatic nitrogens is 1. The Kier molecular flexibility index (Phi) is 4.23. The number of likely N-dealkylation sites (tertiary alicyclic amines) is 1. The van der Waals surface area contributed by atoms with Crippen molar-refractivity contribution in [3.05, 3.63) is 70.1 Å². The first-order valence-electron chi connectivity index (χ1n) is 7.46. The number of carbonyl (C=O) groups excluding carboxylic acids is 2. The zero-order valence-corrected chi connectivity index (χ0v) is 12.5. The van der Waals surface area contributed by atoms with Crippen LogP contribution in [0.5, 0.6) is 0 Å². The van der Waals surface area contributed by atoms with Crippen molar-refractivity contribution in [2.45, 2.75) is 19.0 Å². The van der Waals surface area contributed by atoms with Crippen LogP contribution in [0.2, 0.25) is 0 Å². The van der Waals surface area contributed by atoms with Crippen molar-refractivity contribution in [3.8, 4) is 0 Å². The van der Waals surface area contributed by atoms with E-state index in [1.807, 2.05) is 30.3 Å². The minimum atomic E-state index is -0.578. The quantitative estimate of drug-likeness (QED) is 0.880. The third-order valence-electron chi connectivity index (χ3n) is 3.88.